The average molecular weight is 923 g/mol. The molecule has 26 heteroatoms. The summed E-state index contributed by atoms with van der Waals surface area (Å²) in [5, 5.41) is 276. The lowest BCUT2D eigenvalue weighted by Gasteiger charge is -2.25. The van der Waals surface area contributed by atoms with Crippen LogP contribution in [0.15, 0.2) is 0 Å². The Morgan fingerprint density at radius 1 is 0.0909 bits per heavy atom. The van der Waals surface area contributed by atoms with Gasteiger partial charge in [0.25, 0.3) is 0 Å². The van der Waals surface area contributed by atoms with Crippen molar-refractivity contribution < 1.29 is 133 Å². The average Bonchev–Trinajstić information content (AvgIpc) is 3.28. The van der Waals surface area contributed by atoms with E-state index in [0.717, 1.165) is 0 Å². The topological polar surface area (TPSA) is 526 Å². The molecule has 0 bridgehead atoms. The molecule has 0 amide bonds. The van der Waals surface area contributed by atoms with Crippen LogP contribution in [0.25, 0.3) is 76.5 Å². The molecule has 0 atom stereocenters. The van der Waals surface area contributed by atoms with Crippen LogP contribution in [0.2, 0.25) is 0 Å². The highest BCUT2D eigenvalue weighted by Gasteiger charge is 2.40. The van der Waals surface area contributed by atoms with Gasteiger partial charge in [0.05, 0.1) is 32.8 Å². The molecule has 0 aliphatic carbocycles. The van der Waals surface area contributed by atoms with Crippen LogP contribution < -0.4 is 0 Å². The predicted octanol–water partition coefficient (Wildman–Crippen LogP) is 3.65. The summed E-state index contributed by atoms with van der Waals surface area (Å²) in [5.74, 6) is -44.2. The fourth-order valence-electron chi connectivity index (χ4n) is 8.04. The van der Waals surface area contributed by atoms with Crippen LogP contribution >= 0.6 is 0 Å². The molecule has 0 heterocycles. The number of aromatic hydroxyl groups is 26. The number of fused-ring (bicyclic) bond motifs is 4. The molecule has 0 saturated carbocycles. The lowest BCUT2D eigenvalue weighted by Crippen LogP contribution is -1.97. The second kappa shape index (κ2) is 13.1. The minimum atomic E-state index is -1.90. The van der Waals surface area contributed by atoms with Gasteiger partial charge in [0, 0.05) is 43.6 Å². The van der Waals surface area contributed by atoms with E-state index in [-0.39, 0.29) is 0 Å². The first-order valence-electron chi connectivity index (χ1n) is 17.6. The van der Waals surface area contributed by atoms with Gasteiger partial charge in [-0.15, -0.1) is 0 Å². The smallest absolute Gasteiger partial charge is 0.205 e. The van der Waals surface area contributed by atoms with Crippen LogP contribution in [0, 0.1) is 0 Å². The van der Waals surface area contributed by atoms with Crippen molar-refractivity contribution in [2.45, 2.75) is 0 Å². The van der Waals surface area contributed by atoms with Crippen molar-refractivity contribution in [3.63, 3.8) is 0 Å². The summed E-state index contributed by atoms with van der Waals surface area (Å²) >= 11 is 0. The first kappa shape index (κ1) is 42.3. The summed E-state index contributed by atoms with van der Waals surface area (Å²) in [4.78, 5) is 0. The van der Waals surface area contributed by atoms with Gasteiger partial charge in [0.2, 0.25) is 51.7 Å². The third-order valence-corrected chi connectivity index (χ3v) is 11.1. The van der Waals surface area contributed by atoms with E-state index in [1.54, 1.807) is 0 Å². The Labute approximate surface area is 358 Å². The van der Waals surface area contributed by atoms with Crippen molar-refractivity contribution in [1.82, 2.24) is 0 Å². The highest BCUT2D eigenvalue weighted by atomic mass is 16.4. The summed E-state index contributed by atoms with van der Waals surface area (Å²) in [6.45, 7) is 0. The first-order chi connectivity index (χ1) is 30.7. The van der Waals surface area contributed by atoms with Crippen LogP contribution in [-0.2, 0) is 0 Å². The van der Waals surface area contributed by atoms with E-state index in [9.17, 15) is 133 Å². The zero-order chi connectivity index (χ0) is 49.1. The molecule has 0 unspecified atom stereocenters. The van der Waals surface area contributed by atoms with Gasteiger partial charge in [0.15, 0.2) is 92.0 Å². The zero-order valence-electron chi connectivity index (χ0n) is 31.6. The molecule has 0 aliphatic heterocycles. The van der Waals surface area contributed by atoms with Crippen molar-refractivity contribution in [3.05, 3.63) is 0 Å². The Bertz CT molecular complexity index is 3530. The van der Waals surface area contributed by atoms with Gasteiger partial charge in [0.1, 0.15) is 5.75 Å². The highest BCUT2D eigenvalue weighted by Crippen LogP contribution is 2.70. The summed E-state index contributed by atoms with van der Waals surface area (Å²) < 4.78 is 0. The molecule has 0 spiro atoms. The van der Waals surface area contributed by atoms with Gasteiger partial charge in [-0.25, -0.2) is 0 Å². The molecule has 0 aliphatic rings. The van der Waals surface area contributed by atoms with Crippen LogP contribution in [0.5, 0.6) is 149 Å². The van der Waals surface area contributed by atoms with Gasteiger partial charge in [-0.1, -0.05) is 0 Å². The third kappa shape index (κ3) is 4.70. The highest BCUT2D eigenvalue weighted by molar-refractivity contribution is 6.33. The molecule has 342 valence electrons. The minimum absolute atomic E-state index is 1.18. The fraction of sp³-hybridized carbons (Fsp3) is 0. The molecule has 8 aromatic carbocycles. The molecule has 26 N–H and O–H groups in total. The van der Waals surface area contributed by atoms with Gasteiger partial charge in [-0.05, 0) is 0 Å². The van der Waals surface area contributed by atoms with Crippen LogP contribution in [-0.4, -0.2) is 133 Å². The fourth-order valence-corrected chi connectivity index (χ4v) is 8.04. The van der Waals surface area contributed by atoms with Crippen molar-refractivity contribution in [1.29, 1.82) is 0 Å². The van der Waals surface area contributed by atoms with Crippen LogP contribution in [0.3, 0.4) is 0 Å². The second-order valence-corrected chi connectivity index (χ2v) is 14.3. The predicted molar refractivity (Wildman–Crippen MR) is 216 cm³/mol. The second-order valence-electron chi connectivity index (χ2n) is 14.3. The van der Waals surface area contributed by atoms with Crippen molar-refractivity contribution in [2.24, 2.45) is 0 Å². The van der Waals surface area contributed by atoms with E-state index in [2.05, 4.69) is 0 Å². The summed E-state index contributed by atoms with van der Waals surface area (Å²) in [6, 6.07) is 0. The number of benzene rings is 8. The lowest BCUT2D eigenvalue weighted by molar-refractivity contribution is 0.347. The number of phenolic OH excluding ortho intramolecular Hbond substituents is 26. The maximum Gasteiger partial charge on any atom is 0.205 e. The molecule has 0 fully saturated rings. The van der Waals surface area contributed by atoms with Crippen LogP contribution in [0.4, 0.5) is 0 Å². The Morgan fingerprint density at radius 3 is 0.530 bits per heavy atom. The van der Waals surface area contributed by atoms with Crippen molar-refractivity contribution in [2.75, 3.05) is 0 Å². The Morgan fingerprint density at radius 2 is 0.227 bits per heavy atom. The van der Waals surface area contributed by atoms with E-state index in [4.69, 9.17) is 0 Å². The van der Waals surface area contributed by atoms with Crippen molar-refractivity contribution >= 4 is 43.1 Å². The summed E-state index contributed by atoms with van der Waals surface area (Å²) in [6.07, 6.45) is 0. The SMILES string of the molecule is Oc1c(O)c(-c2c3c(O)c(O)c(O)c(O)c3c(-c3c(O)c(O)c(O)c4c(O)c(O)c(O)c(O)c34)c3c(O)c(O)c(O)c(O)c23)c(O)c(O)c1-c1c(O)c(O)c2c(O)c(O)c(O)c(O)c2c1O. The lowest BCUT2D eigenvalue weighted by atomic mass is 9.81. The molecule has 26 nitrogen and oxygen atoms in total. The number of hydrogen-bond donors (Lipinski definition) is 26. The molecule has 8 aromatic rings. The molecule has 0 saturated heterocycles. The molecule has 0 aromatic heterocycles. The monoisotopic (exact) mass is 922 g/mol. The van der Waals surface area contributed by atoms with Gasteiger partial charge in [-0.3, -0.25) is 0 Å². The normalized spacial score (nSPS) is 11.7. The Hall–Kier alpha value is -10.4. The Kier molecular flexibility index (Phi) is 8.37. The third-order valence-electron chi connectivity index (χ3n) is 11.1. The van der Waals surface area contributed by atoms with Gasteiger partial charge < -0.3 is 133 Å². The summed E-state index contributed by atoms with van der Waals surface area (Å²) in [7, 11) is 0. The molecule has 8 rings (SSSR count). The molecule has 66 heavy (non-hydrogen) atoms. The summed E-state index contributed by atoms with van der Waals surface area (Å²) in [5.41, 5.74) is -8.88. The quantitative estimate of drug-likeness (QED) is 0.0683. The number of phenols is 26. The van der Waals surface area contributed by atoms with Gasteiger partial charge in [-0.2, -0.15) is 0 Å². The van der Waals surface area contributed by atoms with E-state index < -0.39 is 226 Å². The maximum absolute atomic E-state index is 11.8. The largest absolute Gasteiger partial charge is 0.506 e. The molecular weight excluding hydrogens is 896 g/mol. The van der Waals surface area contributed by atoms with E-state index in [1.807, 2.05) is 0 Å². The minimum Gasteiger partial charge on any atom is -0.506 e. The maximum atomic E-state index is 11.8. The molecular formula is C40H26O26. The molecule has 0 radical (unpaired) electrons. The van der Waals surface area contributed by atoms with E-state index in [0.29, 0.717) is 0 Å². The zero-order valence-corrected chi connectivity index (χ0v) is 31.6. The number of hydrogen-bond acceptors (Lipinski definition) is 26. The van der Waals surface area contributed by atoms with Crippen molar-refractivity contribution in [3.8, 4) is 183 Å². The Balaban J connectivity index is 1.68. The number of rotatable bonds is 3. The first-order valence-corrected chi connectivity index (χ1v) is 17.6. The van der Waals surface area contributed by atoms with Crippen LogP contribution in [0.1, 0.15) is 0 Å². The van der Waals surface area contributed by atoms with E-state index in [1.165, 1.54) is 0 Å². The van der Waals surface area contributed by atoms with E-state index >= 15 is 0 Å². The standard InChI is InChI=1S/C40H26O26/c41-15-11(24(50)27(53)14-12(15)30(56)39(65)40(66)31(14)57)13-25(51)22(48)9(23(49)26(13)52)2-6-3(17(43)33(59)35(61)19(6)45)1(4-7(2)20(46)36(62)34(60)18(4)44)5-8-10(28(54)32(58)16(5)42)29(55)38(64)37(63)21(8)47/h41-66H. The van der Waals surface area contributed by atoms with Gasteiger partial charge >= 0.3 is 0 Å².